The van der Waals surface area contributed by atoms with Gasteiger partial charge in [0.05, 0.1) is 0 Å². The summed E-state index contributed by atoms with van der Waals surface area (Å²) in [6.45, 7) is 5.52. The molecule has 0 fully saturated rings. The van der Waals surface area contributed by atoms with Gasteiger partial charge in [0.2, 0.25) is 0 Å². The van der Waals surface area contributed by atoms with Crippen molar-refractivity contribution in [3.63, 3.8) is 0 Å². The minimum absolute atomic E-state index is 0.550. The van der Waals surface area contributed by atoms with Crippen LogP contribution in [0.4, 0.5) is 0 Å². The van der Waals surface area contributed by atoms with Crippen molar-refractivity contribution in [3.05, 3.63) is 52.2 Å². The number of thiophene rings is 1. The molecule has 0 spiro atoms. The highest BCUT2D eigenvalue weighted by molar-refractivity contribution is 7.99. The Morgan fingerprint density at radius 2 is 2.10 bits per heavy atom. The molecule has 1 atom stereocenters. The minimum atomic E-state index is 0.550. The number of hydrogen-bond acceptors (Lipinski definition) is 3. The van der Waals surface area contributed by atoms with Crippen LogP contribution in [0.1, 0.15) is 24.5 Å². The van der Waals surface area contributed by atoms with Crippen LogP contribution in [0, 0.1) is 6.92 Å². The van der Waals surface area contributed by atoms with E-state index in [2.05, 4.69) is 60.3 Å². The number of benzene rings is 1. The summed E-state index contributed by atoms with van der Waals surface area (Å²) < 4.78 is 0. The average molecular weight is 306 g/mol. The smallest absolute Gasteiger partial charge is 0.0202 e. The van der Waals surface area contributed by atoms with Crippen molar-refractivity contribution in [2.75, 3.05) is 12.3 Å². The van der Waals surface area contributed by atoms with Crippen LogP contribution in [0.25, 0.3) is 0 Å². The number of hydrogen-bond donors (Lipinski definition) is 1. The molecule has 0 saturated heterocycles. The summed E-state index contributed by atoms with van der Waals surface area (Å²) in [6, 6.07) is 11.4. The summed E-state index contributed by atoms with van der Waals surface area (Å²) in [7, 11) is 0. The zero-order valence-corrected chi connectivity index (χ0v) is 13.9. The molecule has 0 aliphatic heterocycles. The van der Waals surface area contributed by atoms with E-state index in [4.69, 9.17) is 0 Å². The predicted molar refractivity (Wildman–Crippen MR) is 92.0 cm³/mol. The second-order valence-corrected chi connectivity index (χ2v) is 6.91. The lowest BCUT2D eigenvalue weighted by molar-refractivity contribution is 0.550. The van der Waals surface area contributed by atoms with Crippen LogP contribution in [-0.2, 0) is 6.42 Å². The third-order valence-corrected chi connectivity index (χ3v) is 5.35. The lowest BCUT2D eigenvalue weighted by Gasteiger charge is -2.18. The summed E-state index contributed by atoms with van der Waals surface area (Å²) in [6.07, 6.45) is 2.32. The van der Waals surface area contributed by atoms with Gasteiger partial charge in [0.1, 0.15) is 0 Å². The molecular weight excluding hydrogens is 282 g/mol. The number of thioether (sulfide) groups is 1. The largest absolute Gasteiger partial charge is 0.313 e. The molecule has 0 bridgehead atoms. The topological polar surface area (TPSA) is 12.0 Å². The zero-order chi connectivity index (χ0) is 14.2. The highest BCUT2D eigenvalue weighted by atomic mass is 32.2. The molecule has 1 N–H and O–H groups in total. The van der Waals surface area contributed by atoms with Crippen molar-refractivity contribution in [3.8, 4) is 0 Å². The fourth-order valence-corrected chi connectivity index (χ4v) is 3.91. The van der Waals surface area contributed by atoms with Crippen LogP contribution in [0.15, 0.2) is 46.0 Å². The Labute approximate surface area is 130 Å². The molecule has 1 unspecified atom stereocenters. The minimum Gasteiger partial charge on any atom is -0.313 e. The molecule has 1 aromatic carbocycles. The Morgan fingerprint density at radius 3 is 2.80 bits per heavy atom. The van der Waals surface area contributed by atoms with Gasteiger partial charge in [-0.3, -0.25) is 0 Å². The molecule has 1 heterocycles. The molecular formula is C17H23NS2. The Morgan fingerprint density at radius 1 is 1.25 bits per heavy atom. The molecule has 0 radical (unpaired) electrons. The third kappa shape index (κ3) is 4.97. The highest BCUT2D eigenvalue weighted by Crippen LogP contribution is 2.23. The van der Waals surface area contributed by atoms with Gasteiger partial charge < -0.3 is 5.32 Å². The van der Waals surface area contributed by atoms with Crippen LogP contribution in [0.3, 0.4) is 0 Å². The lowest BCUT2D eigenvalue weighted by Crippen LogP contribution is -2.33. The molecule has 0 amide bonds. The first-order valence-electron chi connectivity index (χ1n) is 7.22. The summed E-state index contributed by atoms with van der Waals surface area (Å²) in [5.74, 6) is 1.13. The molecule has 3 heteroatoms. The number of nitrogens with one attached hydrogen (secondary N) is 1. The van der Waals surface area contributed by atoms with Gasteiger partial charge in [-0.1, -0.05) is 25.1 Å². The second-order valence-electron chi connectivity index (χ2n) is 5.06. The molecule has 20 heavy (non-hydrogen) atoms. The van der Waals surface area contributed by atoms with E-state index in [-0.39, 0.29) is 0 Å². The van der Waals surface area contributed by atoms with Gasteiger partial charge in [0.15, 0.2) is 0 Å². The van der Waals surface area contributed by atoms with E-state index in [1.54, 1.807) is 11.3 Å². The monoisotopic (exact) mass is 305 g/mol. The van der Waals surface area contributed by atoms with E-state index in [0.29, 0.717) is 6.04 Å². The molecule has 2 rings (SSSR count). The van der Waals surface area contributed by atoms with Gasteiger partial charge in [-0.2, -0.15) is 11.3 Å². The van der Waals surface area contributed by atoms with Crippen LogP contribution >= 0.6 is 23.1 Å². The number of aryl methyl sites for hydroxylation is 1. The standard InChI is InChI=1S/C17H23NS2/c1-3-9-18-16(11-15-8-10-19-12-15)13-20-17-7-5-4-6-14(17)2/h4-8,10,12,16,18H,3,9,11,13H2,1-2H3. The SMILES string of the molecule is CCCNC(CSc1ccccc1C)Cc1ccsc1. The first-order valence-corrected chi connectivity index (χ1v) is 9.15. The maximum Gasteiger partial charge on any atom is 0.0202 e. The van der Waals surface area contributed by atoms with E-state index >= 15 is 0 Å². The maximum absolute atomic E-state index is 3.68. The average Bonchev–Trinajstić information content (AvgIpc) is 2.96. The van der Waals surface area contributed by atoms with Crippen LogP contribution < -0.4 is 5.32 Å². The Balaban J connectivity index is 1.91. The zero-order valence-electron chi connectivity index (χ0n) is 12.3. The lowest BCUT2D eigenvalue weighted by atomic mass is 10.1. The van der Waals surface area contributed by atoms with E-state index in [0.717, 1.165) is 18.7 Å². The summed E-state index contributed by atoms with van der Waals surface area (Å²) in [5, 5.41) is 8.11. The Bertz CT molecular complexity index is 493. The molecule has 1 nitrogen and oxygen atoms in total. The third-order valence-electron chi connectivity index (χ3n) is 3.28. The van der Waals surface area contributed by atoms with Crippen molar-refractivity contribution in [1.82, 2.24) is 5.32 Å². The Kier molecular flexibility index (Phi) is 6.64. The fraction of sp³-hybridized carbons (Fsp3) is 0.412. The van der Waals surface area contributed by atoms with Crippen LogP contribution in [0.5, 0.6) is 0 Å². The summed E-state index contributed by atoms with van der Waals surface area (Å²) in [4.78, 5) is 1.40. The van der Waals surface area contributed by atoms with E-state index in [1.165, 1.54) is 22.4 Å². The van der Waals surface area contributed by atoms with Gasteiger partial charge in [-0.25, -0.2) is 0 Å². The highest BCUT2D eigenvalue weighted by Gasteiger charge is 2.10. The second kappa shape index (κ2) is 8.50. The van der Waals surface area contributed by atoms with Crippen molar-refractivity contribution < 1.29 is 0 Å². The van der Waals surface area contributed by atoms with Gasteiger partial charge in [0, 0.05) is 16.7 Å². The molecule has 2 aromatic rings. The van der Waals surface area contributed by atoms with Crippen LogP contribution in [0.2, 0.25) is 0 Å². The van der Waals surface area contributed by atoms with Gasteiger partial charge in [0.25, 0.3) is 0 Å². The summed E-state index contributed by atoms with van der Waals surface area (Å²) >= 11 is 3.76. The van der Waals surface area contributed by atoms with Crippen molar-refractivity contribution >= 4 is 23.1 Å². The quantitative estimate of drug-likeness (QED) is 0.706. The maximum atomic E-state index is 3.68. The van der Waals surface area contributed by atoms with Crippen molar-refractivity contribution in [1.29, 1.82) is 0 Å². The summed E-state index contributed by atoms with van der Waals surface area (Å²) in [5.41, 5.74) is 2.83. The molecule has 1 aromatic heterocycles. The molecule has 0 aliphatic carbocycles. The van der Waals surface area contributed by atoms with Crippen LogP contribution in [-0.4, -0.2) is 18.3 Å². The predicted octanol–water partition coefficient (Wildman–Crippen LogP) is 4.76. The molecule has 108 valence electrons. The fourth-order valence-electron chi connectivity index (χ4n) is 2.14. The van der Waals surface area contributed by atoms with E-state index in [1.807, 2.05) is 11.8 Å². The van der Waals surface area contributed by atoms with Crippen molar-refractivity contribution in [2.45, 2.75) is 37.6 Å². The first kappa shape index (κ1) is 15.6. The van der Waals surface area contributed by atoms with E-state index in [9.17, 15) is 0 Å². The van der Waals surface area contributed by atoms with Gasteiger partial charge >= 0.3 is 0 Å². The first-order chi connectivity index (χ1) is 9.79. The van der Waals surface area contributed by atoms with E-state index < -0.39 is 0 Å². The molecule has 0 saturated carbocycles. The Hall–Kier alpha value is -0.770. The van der Waals surface area contributed by atoms with Crippen molar-refractivity contribution in [2.24, 2.45) is 0 Å². The molecule has 0 aliphatic rings. The number of rotatable bonds is 8. The van der Waals surface area contributed by atoms with Gasteiger partial charge in [-0.05, 0) is 60.3 Å². The van der Waals surface area contributed by atoms with Gasteiger partial charge in [-0.15, -0.1) is 11.8 Å². The normalized spacial score (nSPS) is 12.5.